The van der Waals surface area contributed by atoms with Gasteiger partial charge in [0.25, 0.3) is 5.91 Å². The molecule has 0 saturated heterocycles. The first-order chi connectivity index (χ1) is 15.7. The second kappa shape index (κ2) is 10.3. The molecule has 2 atom stereocenters. The van der Waals surface area contributed by atoms with Gasteiger partial charge in [0.15, 0.2) is 6.10 Å². The number of carbonyl (C=O) groups excluding carboxylic acids is 1. The van der Waals surface area contributed by atoms with Gasteiger partial charge in [-0.15, -0.1) is 6.58 Å². The summed E-state index contributed by atoms with van der Waals surface area (Å²) in [5, 5.41) is 2.90. The molecule has 1 N–H and O–H groups in total. The van der Waals surface area contributed by atoms with Gasteiger partial charge in [-0.1, -0.05) is 49.4 Å². The third-order valence-electron chi connectivity index (χ3n) is 5.88. The van der Waals surface area contributed by atoms with E-state index in [1.54, 1.807) is 12.3 Å². The zero-order chi connectivity index (χ0) is 22.3. The Kier molecular flexibility index (Phi) is 7.07. The number of ether oxygens (including phenoxy) is 1. The topological polar surface area (TPSA) is 54.7 Å². The van der Waals surface area contributed by atoms with E-state index >= 15 is 0 Å². The molecule has 5 heteroatoms. The molecule has 0 fully saturated rings. The molecule has 2 aromatic carbocycles. The summed E-state index contributed by atoms with van der Waals surface area (Å²) in [6.07, 6.45) is 4.55. The predicted molar refractivity (Wildman–Crippen MR) is 125 cm³/mol. The number of furan rings is 1. The van der Waals surface area contributed by atoms with Gasteiger partial charge in [0.1, 0.15) is 11.5 Å². The molecule has 0 spiro atoms. The van der Waals surface area contributed by atoms with Crippen molar-refractivity contribution in [1.82, 2.24) is 10.2 Å². The second-order valence-electron chi connectivity index (χ2n) is 8.02. The van der Waals surface area contributed by atoms with Crippen molar-refractivity contribution in [2.24, 2.45) is 0 Å². The van der Waals surface area contributed by atoms with Crippen LogP contribution < -0.4 is 10.1 Å². The van der Waals surface area contributed by atoms with Crippen molar-refractivity contribution in [3.05, 3.63) is 102 Å². The van der Waals surface area contributed by atoms with Crippen molar-refractivity contribution in [3.8, 4) is 5.75 Å². The van der Waals surface area contributed by atoms with Crippen molar-refractivity contribution in [1.29, 1.82) is 0 Å². The molecule has 0 aliphatic carbocycles. The number of benzene rings is 2. The second-order valence-corrected chi connectivity index (χ2v) is 8.02. The van der Waals surface area contributed by atoms with Crippen molar-refractivity contribution >= 4 is 5.91 Å². The van der Waals surface area contributed by atoms with E-state index in [2.05, 4.69) is 53.2 Å². The lowest BCUT2D eigenvalue weighted by Gasteiger charge is -2.37. The van der Waals surface area contributed by atoms with Crippen molar-refractivity contribution in [3.63, 3.8) is 0 Å². The Morgan fingerprint density at radius 3 is 2.81 bits per heavy atom. The number of fused-ring (bicyclic) bond motifs is 1. The Bertz CT molecular complexity index is 1030. The average Bonchev–Trinajstić information content (AvgIpc) is 3.35. The third-order valence-corrected chi connectivity index (χ3v) is 5.88. The molecule has 4 rings (SSSR count). The molecule has 1 aromatic heterocycles. The van der Waals surface area contributed by atoms with E-state index in [9.17, 15) is 4.79 Å². The minimum absolute atomic E-state index is 0.134. The quantitative estimate of drug-likeness (QED) is 0.491. The highest BCUT2D eigenvalue weighted by Gasteiger charge is 2.29. The van der Waals surface area contributed by atoms with Crippen molar-refractivity contribution in [2.75, 3.05) is 13.1 Å². The lowest BCUT2D eigenvalue weighted by molar-refractivity contribution is -0.128. The SMILES string of the molecule is C=CCN1CCc2ccc(OC(CC)C(=O)NCc3ccco3)cc2C1c1ccccc1. The summed E-state index contributed by atoms with van der Waals surface area (Å²) in [4.78, 5) is 15.1. The van der Waals surface area contributed by atoms with E-state index in [0.717, 1.165) is 25.3 Å². The van der Waals surface area contributed by atoms with E-state index in [1.165, 1.54) is 16.7 Å². The Morgan fingerprint density at radius 2 is 2.09 bits per heavy atom. The largest absolute Gasteiger partial charge is 0.481 e. The van der Waals surface area contributed by atoms with Crippen LogP contribution in [0.1, 0.15) is 41.8 Å². The maximum Gasteiger partial charge on any atom is 0.261 e. The van der Waals surface area contributed by atoms with Gasteiger partial charge in [-0.25, -0.2) is 0 Å². The summed E-state index contributed by atoms with van der Waals surface area (Å²) in [6, 6.07) is 20.5. The Balaban J connectivity index is 1.55. The molecule has 2 heterocycles. The first-order valence-electron chi connectivity index (χ1n) is 11.2. The fraction of sp³-hybridized carbons (Fsp3) is 0.296. The molecule has 166 valence electrons. The van der Waals surface area contributed by atoms with E-state index in [1.807, 2.05) is 31.2 Å². The molecule has 0 saturated carbocycles. The van der Waals surface area contributed by atoms with Crippen LogP contribution in [0.2, 0.25) is 0 Å². The summed E-state index contributed by atoms with van der Waals surface area (Å²) in [5.41, 5.74) is 3.80. The normalized spacial score (nSPS) is 16.7. The summed E-state index contributed by atoms with van der Waals surface area (Å²) in [7, 11) is 0. The van der Waals surface area contributed by atoms with Gasteiger partial charge in [-0.2, -0.15) is 0 Å². The summed E-state index contributed by atoms with van der Waals surface area (Å²) < 4.78 is 11.5. The fourth-order valence-corrected chi connectivity index (χ4v) is 4.29. The molecule has 2 unspecified atom stereocenters. The number of carbonyl (C=O) groups is 1. The number of nitrogens with zero attached hydrogens (tertiary/aromatic N) is 1. The number of amides is 1. The summed E-state index contributed by atoms with van der Waals surface area (Å²) in [5.74, 6) is 1.29. The highest BCUT2D eigenvalue weighted by atomic mass is 16.5. The van der Waals surface area contributed by atoms with Crippen molar-refractivity contribution in [2.45, 2.75) is 38.5 Å². The van der Waals surface area contributed by atoms with Gasteiger partial charge < -0.3 is 14.5 Å². The van der Waals surface area contributed by atoms with Gasteiger partial charge in [0.2, 0.25) is 0 Å². The number of hydrogen-bond acceptors (Lipinski definition) is 4. The number of nitrogens with one attached hydrogen (secondary N) is 1. The van der Waals surface area contributed by atoms with E-state index < -0.39 is 6.10 Å². The van der Waals surface area contributed by atoms with Gasteiger partial charge in [0, 0.05) is 13.1 Å². The van der Waals surface area contributed by atoms with Gasteiger partial charge in [-0.05, 0) is 53.8 Å². The molecular formula is C27H30N2O3. The monoisotopic (exact) mass is 430 g/mol. The van der Waals surface area contributed by atoms with Crippen LogP contribution >= 0.6 is 0 Å². The van der Waals surface area contributed by atoms with Crippen molar-refractivity contribution < 1.29 is 13.9 Å². The lowest BCUT2D eigenvalue weighted by Crippen LogP contribution is -2.38. The maximum atomic E-state index is 12.7. The fourth-order valence-electron chi connectivity index (χ4n) is 4.29. The number of rotatable bonds is 9. The molecule has 1 aliphatic heterocycles. The maximum absolute atomic E-state index is 12.7. The molecule has 1 amide bonds. The van der Waals surface area contributed by atoms with E-state index in [0.29, 0.717) is 18.7 Å². The third kappa shape index (κ3) is 4.94. The van der Waals surface area contributed by atoms with Crippen LogP contribution in [0.15, 0.2) is 84.0 Å². The van der Waals surface area contributed by atoms with Crippen LogP contribution in [-0.4, -0.2) is 30.0 Å². The predicted octanol–water partition coefficient (Wildman–Crippen LogP) is 4.89. The minimum atomic E-state index is -0.564. The highest BCUT2D eigenvalue weighted by Crippen LogP contribution is 2.37. The highest BCUT2D eigenvalue weighted by molar-refractivity contribution is 5.81. The van der Waals surface area contributed by atoms with Crippen LogP contribution in [0.4, 0.5) is 0 Å². The Labute approximate surface area is 189 Å². The minimum Gasteiger partial charge on any atom is -0.481 e. The first kappa shape index (κ1) is 21.9. The standard InChI is InChI=1S/C27H30N2O3/c1-3-15-29-16-14-20-12-13-22(18-24(20)26(29)21-9-6-5-7-10-21)32-25(4-2)27(30)28-19-23-11-8-17-31-23/h3,5-13,17-18,25-26H,1,4,14-16,19H2,2H3,(H,28,30). The van der Waals surface area contributed by atoms with E-state index in [-0.39, 0.29) is 11.9 Å². The molecule has 5 nitrogen and oxygen atoms in total. The first-order valence-corrected chi connectivity index (χ1v) is 11.2. The average molecular weight is 431 g/mol. The van der Waals surface area contributed by atoms with Crippen LogP contribution in [0, 0.1) is 0 Å². The smallest absolute Gasteiger partial charge is 0.261 e. The van der Waals surface area contributed by atoms with Gasteiger partial charge in [-0.3, -0.25) is 9.69 Å². The Morgan fingerprint density at radius 1 is 1.25 bits per heavy atom. The van der Waals surface area contributed by atoms with Crippen LogP contribution in [0.25, 0.3) is 0 Å². The number of hydrogen-bond donors (Lipinski definition) is 1. The lowest BCUT2D eigenvalue weighted by atomic mass is 9.88. The molecule has 0 bridgehead atoms. The zero-order valence-electron chi connectivity index (χ0n) is 18.5. The molecule has 3 aromatic rings. The van der Waals surface area contributed by atoms with Crippen LogP contribution in [0.3, 0.4) is 0 Å². The Hall–Kier alpha value is -3.31. The molecule has 32 heavy (non-hydrogen) atoms. The van der Waals surface area contributed by atoms with Crippen LogP contribution in [-0.2, 0) is 17.8 Å². The summed E-state index contributed by atoms with van der Waals surface area (Å²) >= 11 is 0. The zero-order valence-corrected chi connectivity index (χ0v) is 18.5. The van der Waals surface area contributed by atoms with Gasteiger partial charge in [0.05, 0.1) is 18.8 Å². The van der Waals surface area contributed by atoms with Gasteiger partial charge >= 0.3 is 0 Å². The molecule has 0 radical (unpaired) electrons. The molecule has 1 aliphatic rings. The van der Waals surface area contributed by atoms with E-state index in [4.69, 9.17) is 9.15 Å². The van der Waals surface area contributed by atoms with Crippen LogP contribution in [0.5, 0.6) is 5.75 Å². The summed E-state index contributed by atoms with van der Waals surface area (Å²) in [6.45, 7) is 8.04. The molecular weight excluding hydrogens is 400 g/mol.